The first-order chi connectivity index (χ1) is 10.2. The van der Waals surface area contributed by atoms with Gasteiger partial charge in [-0.15, -0.1) is 0 Å². The standard InChI is InChI=1S/C17H27N3O/c1-3-4-5-8-19-16-10-15(11-18-12-16)17(21)20-9-6-7-14(2)13-20/h10-12,14,19H,3-9,13H2,1-2H3. The van der Waals surface area contributed by atoms with E-state index >= 15 is 0 Å². The van der Waals surface area contributed by atoms with E-state index in [1.807, 2.05) is 11.0 Å². The van der Waals surface area contributed by atoms with E-state index in [1.54, 1.807) is 12.4 Å². The molecule has 1 N–H and O–H groups in total. The third kappa shape index (κ3) is 4.73. The number of piperidine rings is 1. The average Bonchev–Trinajstić information content (AvgIpc) is 2.51. The molecule has 1 aromatic rings. The molecule has 1 atom stereocenters. The second-order valence-corrected chi connectivity index (χ2v) is 6.09. The highest BCUT2D eigenvalue weighted by Gasteiger charge is 2.22. The van der Waals surface area contributed by atoms with E-state index in [9.17, 15) is 4.79 Å². The maximum absolute atomic E-state index is 12.5. The predicted molar refractivity (Wildman–Crippen MR) is 86.6 cm³/mol. The van der Waals surface area contributed by atoms with Gasteiger partial charge in [0.25, 0.3) is 5.91 Å². The van der Waals surface area contributed by atoms with Crippen LogP contribution in [0.2, 0.25) is 0 Å². The Hall–Kier alpha value is -1.58. The summed E-state index contributed by atoms with van der Waals surface area (Å²) in [6.45, 7) is 7.09. The molecule has 4 nitrogen and oxygen atoms in total. The molecule has 0 saturated carbocycles. The number of unbranched alkanes of at least 4 members (excludes halogenated alkanes) is 2. The molecule has 1 aromatic heterocycles. The van der Waals surface area contributed by atoms with Crippen molar-refractivity contribution in [1.82, 2.24) is 9.88 Å². The second kappa shape index (κ2) is 8.01. The number of carbonyl (C=O) groups excluding carboxylic acids is 1. The lowest BCUT2D eigenvalue weighted by molar-refractivity contribution is 0.0682. The second-order valence-electron chi connectivity index (χ2n) is 6.09. The van der Waals surface area contributed by atoms with Crippen LogP contribution in [0.25, 0.3) is 0 Å². The number of aromatic nitrogens is 1. The summed E-state index contributed by atoms with van der Waals surface area (Å²) in [5.74, 6) is 0.720. The molecule has 0 aromatic carbocycles. The number of nitrogens with zero attached hydrogens (tertiary/aromatic N) is 2. The minimum atomic E-state index is 0.117. The maximum Gasteiger partial charge on any atom is 0.255 e. The van der Waals surface area contributed by atoms with Gasteiger partial charge in [-0.25, -0.2) is 0 Å². The van der Waals surface area contributed by atoms with E-state index in [0.717, 1.165) is 38.2 Å². The van der Waals surface area contributed by atoms with E-state index < -0.39 is 0 Å². The number of likely N-dealkylation sites (tertiary alicyclic amines) is 1. The number of hydrogen-bond acceptors (Lipinski definition) is 3. The van der Waals surface area contributed by atoms with Crippen LogP contribution >= 0.6 is 0 Å². The summed E-state index contributed by atoms with van der Waals surface area (Å²) < 4.78 is 0. The number of pyridine rings is 1. The van der Waals surface area contributed by atoms with E-state index in [2.05, 4.69) is 24.1 Å². The molecule has 2 heterocycles. The van der Waals surface area contributed by atoms with Crippen molar-refractivity contribution in [2.45, 2.75) is 46.0 Å². The summed E-state index contributed by atoms with van der Waals surface area (Å²) >= 11 is 0. The fourth-order valence-corrected chi connectivity index (χ4v) is 2.82. The molecular formula is C17H27N3O. The highest BCUT2D eigenvalue weighted by Crippen LogP contribution is 2.18. The Morgan fingerprint density at radius 2 is 2.29 bits per heavy atom. The number of rotatable bonds is 6. The summed E-state index contributed by atoms with van der Waals surface area (Å²) in [4.78, 5) is 18.7. The van der Waals surface area contributed by atoms with Gasteiger partial charge in [0.15, 0.2) is 0 Å². The first-order valence-electron chi connectivity index (χ1n) is 8.19. The first-order valence-corrected chi connectivity index (χ1v) is 8.19. The Morgan fingerprint density at radius 1 is 1.43 bits per heavy atom. The average molecular weight is 289 g/mol. The van der Waals surface area contributed by atoms with Crippen LogP contribution in [0.3, 0.4) is 0 Å². The van der Waals surface area contributed by atoms with Gasteiger partial charge in [-0.1, -0.05) is 26.7 Å². The van der Waals surface area contributed by atoms with Crippen molar-refractivity contribution in [3.05, 3.63) is 24.0 Å². The van der Waals surface area contributed by atoms with Crippen molar-refractivity contribution in [2.75, 3.05) is 25.0 Å². The molecule has 21 heavy (non-hydrogen) atoms. The van der Waals surface area contributed by atoms with Gasteiger partial charge < -0.3 is 10.2 Å². The quantitative estimate of drug-likeness (QED) is 0.814. The summed E-state index contributed by atoms with van der Waals surface area (Å²) in [5.41, 5.74) is 1.65. The Morgan fingerprint density at radius 3 is 3.05 bits per heavy atom. The van der Waals surface area contributed by atoms with Crippen molar-refractivity contribution in [3.8, 4) is 0 Å². The molecule has 0 aliphatic carbocycles. The van der Waals surface area contributed by atoms with Gasteiger partial charge in [0, 0.05) is 32.0 Å². The van der Waals surface area contributed by atoms with Crippen LogP contribution in [-0.2, 0) is 0 Å². The van der Waals surface area contributed by atoms with Crippen molar-refractivity contribution in [1.29, 1.82) is 0 Å². The normalized spacial score (nSPS) is 18.6. The van der Waals surface area contributed by atoms with Crippen molar-refractivity contribution in [2.24, 2.45) is 5.92 Å². The highest BCUT2D eigenvalue weighted by atomic mass is 16.2. The summed E-state index contributed by atoms with van der Waals surface area (Å²) in [7, 11) is 0. The maximum atomic E-state index is 12.5. The fraction of sp³-hybridized carbons (Fsp3) is 0.647. The summed E-state index contributed by atoms with van der Waals surface area (Å²) in [6.07, 6.45) is 9.39. The van der Waals surface area contributed by atoms with Crippen molar-refractivity contribution < 1.29 is 4.79 Å². The molecule has 1 aliphatic heterocycles. The third-order valence-corrected chi connectivity index (χ3v) is 4.04. The van der Waals surface area contributed by atoms with E-state index in [4.69, 9.17) is 0 Å². The summed E-state index contributed by atoms with van der Waals surface area (Å²) in [6, 6.07) is 1.93. The monoisotopic (exact) mass is 289 g/mol. The van der Waals surface area contributed by atoms with E-state index in [0.29, 0.717) is 11.5 Å². The molecule has 1 unspecified atom stereocenters. The number of amides is 1. The smallest absolute Gasteiger partial charge is 0.255 e. The van der Waals surface area contributed by atoms with Gasteiger partial charge in [0.1, 0.15) is 0 Å². The molecular weight excluding hydrogens is 262 g/mol. The van der Waals surface area contributed by atoms with Crippen LogP contribution in [0.1, 0.15) is 56.3 Å². The molecule has 116 valence electrons. The van der Waals surface area contributed by atoms with Crippen LogP contribution in [0.15, 0.2) is 18.5 Å². The van der Waals surface area contributed by atoms with Gasteiger partial charge in [-0.2, -0.15) is 0 Å². The Labute approximate surface area is 127 Å². The lowest BCUT2D eigenvalue weighted by Crippen LogP contribution is -2.39. The predicted octanol–water partition coefficient (Wildman–Crippen LogP) is 3.56. The minimum Gasteiger partial charge on any atom is -0.384 e. The number of nitrogens with one attached hydrogen (secondary N) is 1. The minimum absolute atomic E-state index is 0.117. The van der Waals surface area contributed by atoms with Gasteiger partial charge in [0.05, 0.1) is 11.3 Å². The van der Waals surface area contributed by atoms with Crippen LogP contribution in [0.4, 0.5) is 5.69 Å². The molecule has 0 bridgehead atoms. The van der Waals surface area contributed by atoms with Crippen LogP contribution in [0, 0.1) is 5.92 Å². The summed E-state index contributed by atoms with van der Waals surface area (Å²) in [5, 5.41) is 3.35. The van der Waals surface area contributed by atoms with Gasteiger partial charge in [-0.3, -0.25) is 9.78 Å². The number of carbonyl (C=O) groups is 1. The molecule has 1 aliphatic rings. The molecule has 0 radical (unpaired) electrons. The Bertz CT molecular complexity index is 461. The van der Waals surface area contributed by atoms with E-state index in [1.165, 1.54) is 19.3 Å². The Balaban J connectivity index is 1.94. The zero-order valence-electron chi connectivity index (χ0n) is 13.3. The molecule has 1 amide bonds. The zero-order valence-corrected chi connectivity index (χ0v) is 13.3. The van der Waals surface area contributed by atoms with E-state index in [-0.39, 0.29) is 5.91 Å². The largest absolute Gasteiger partial charge is 0.384 e. The lowest BCUT2D eigenvalue weighted by Gasteiger charge is -2.31. The Kier molecular flexibility index (Phi) is 6.03. The topological polar surface area (TPSA) is 45.2 Å². The first kappa shape index (κ1) is 15.8. The van der Waals surface area contributed by atoms with Crippen LogP contribution < -0.4 is 5.32 Å². The fourth-order valence-electron chi connectivity index (χ4n) is 2.82. The molecule has 4 heteroatoms. The number of hydrogen-bond donors (Lipinski definition) is 1. The van der Waals surface area contributed by atoms with Gasteiger partial charge in [0.2, 0.25) is 0 Å². The van der Waals surface area contributed by atoms with Gasteiger partial charge >= 0.3 is 0 Å². The van der Waals surface area contributed by atoms with Crippen LogP contribution in [-0.4, -0.2) is 35.4 Å². The van der Waals surface area contributed by atoms with Crippen molar-refractivity contribution in [3.63, 3.8) is 0 Å². The van der Waals surface area contributed by atoms with Crippen LogP contribution in [0.5, 0.6) is 0 Å². The molecule has 1 saturated heterocycles. The SMILES string of the molecule is CCCCCNc1cncc(C(=O)N2CCCC(C)C2)c1. The highest BCUT2D eigenvalue weighted by molar-refractivity contribution is 5.94. The van der Waals surface area contributed by atoms with Crippen molar-refractivity contribution >= 4 is 11.6 Å². The number of anilines is 1. The molecule has 2 rings (SSSR count). The van der Waals surface area contributed by atoms with Gasteiger partial charge in [-0.05, 0) is 31.2 Å². The molecule has 1 fully saturated rings. The lowest BCUT2D eigenvalue weighted by atomic mass is 10.00. The molecule has 0 spiro atoms. The zero-order chi connectivity index (χ0) is 15.1. The third-order valence-electron chi connectivity index (χ3n) is 4.04.